The van der Waals surface area contributed by atoms with Crippen molar-refractivity contribution in [3.8, 4) is 5.75 Å². The van der Waals surface area contributed by atoms with Gasteiger partial charge in [0.05, 0.1) is 22.3 Å². The van der Waals surface area contributed by atoms with Crippen molar-refractivity contribution in [2.45, 2.75) is 18.4 Å². The molecule has 0 atom stereocenters. The van der Waals surface area contributed by atoms with E-state index >= 15 is 0 Å². The molecule has 1 N–H and O–H groups in total. The van der Waals surface area contributed by atoms with Crippen molar-refractivity contribution in [1.29, 1.82) is 0 Å². The third-order valence-electron chi connectivity index (χ3n) is 2.76. The van der Waals surface area contributed by atoms with Crippen LogP contribution in [0, 0.1) is 0 Å². The first-order valence-corrected chi connectivity index (χ1v) is 5.36. The van der Waals surface area contributed by atoms with E-state index in [1.54, 1.807) is 6.07 Å². The Labute approximate surface area is 92.1 Å². The van der Waals surface area contributed by atoms with Crippen LogP contribution in [-0.4, -0.2) is 12.1 Å². The zero-order chi connectivity index (χ0) is 9.76. The molecular weight excluding hydrogens is 221 g/mol. The maximum atomic E-state index is 5.92. The zero-order valence-corrected chi connectivity index (χ0v) is 8.95. The van der Waals surface area contributed by atoms with Crippen molar-refractivity contribution in [3.63, 3.8) is 0 Å². The Morgan fingerprint density at radius 2 is 1.93 bits per heavy atom. The first kappa shape index (κ1) is 8.69. The summed E-state index contributed by atoms with van der Waals surface area (Å²) in [6.07, 6.45) is 2.25. The molecular formula is C10H9Cl2NO. The summed E-state index contributed by atoms with van der Waals surface area (Å²) in [6, 6.07) is 3.60. The molecule has 0 saturated heterocycles. The summed E-state index contributed by atoms with van der Waals surface area (Å²) in [7, 11) is 0. The molecule has 0 bridgehead atoms. The number of ether oxygens (including phenoxy) is 1. The topological polar surface area (TPSA) is 21.3 Å². The van der Waals surface area contributed by atoms with E-state index in [1.165, 1.54) is 0 Å². The van der Waals surface area contributed by atoms with Gasteiger partial charge in [-0.3, -0.25) is 0 Å². The van der Waals surface area contributed by atoms with Crippen LogP contribution in [0.5, 0.6) is 5.75 Å². The van der Waals surface area contributed by atoms with Crippen LogP contribution in [0.15, 0.2) is 12.1 Å². The molecule has 1 heterocycles. The predicted octanol–water partition coefficient (Wildman–Crippen LogP) is 3.33. The molecule has 1 saturated carbocycles. The van der Waals surface area contributed by atoms with Crippen LogP contribution in [0.2, 0.25) is 10.0 Å². The van der Waals surface area contributed by atoms with Crippen molar-refractivity contribution in [1.82, 2.24) is 0 Å². The lowest BCUT2D eigenvalue weighted by atomic mass is 10.2. The van der Waals surface area contributed by atoms with Crippen molar-refractivity contribution in [2.24, 2.45) is 0 Å². The van der Waals surface area contributed by atoms with Gasteiger partial charge in [-0.2, -0.15) is 0 Å². The van der Waals surface area contributed by atoms with Crippen molar-refractivity contribution in [2.75, 3.05) is 11.9 Å². The van der Waals surface area contributed by atoms with Gasteiger partial charge in [0, 0.05) is 6.07 Å². The molecule has 0 amide bonds. The predicted molar refractivity (Wildman–Crippen MR) is 57.5 cm³/mol. The fourth-order valence-electron chi connectivity index (χ4n) is 1.70. The molecule has 1 fully saturated rings. The van der Waals surface area contributed by atoms with Gasteiger partial charge in [0.1, 0.15) is 11.4 Å². The third kappa shape index (κ3) is 1.25. The van der Waals surface area contributed by atoms with Gasteiger partial charge in [-0.05, 0) is 18.9 Å². The Hall–Kier alpha value is -0.600. The smallest absolute Gasteiger partial charge is 0.144 e. The fourth-order valence-corrected chi connectivity index (χ4v) is 2.01. The molecule has 0 radical (unpaired) electrons. The number of fused-ring (bicyclic) bond motifs is 1. The minimum Gasteiger partial charge on any atom is -0.483 e. The van der Waals surface area contributed by atoms with Gasteiger partial charge >= 0.3 is 0 Å². The second kappa shape index (κ2) is 2.71. The highest BCUT2D eigenvalue weighted by Gasteiger charge is 2.47. The Balaban J connectivity index is 2.04. The maximum Gasteiger partial charge on any atom is 0.144 e. The summed E-state index contributed by atoms with van der Waals surface area (Å²) in [5.41, 5.74) is 0.987. The average Bonchev–Trinajstić information content (AvgIpc) is 2.89. The van der Waals surface area contributed by atoms with E-state index in [1.807, 2.05) is 6.07 Å². The molecule has 3 rings (SSSR count). The first-order valence-electron chi connectivity index (χ1n) is 4.61. The summed E-state index contributed by atoms with van der Waals surface area (Å²) in [6.45, 7) is 0.873. The van der Waals surface area contributed by atoms with E-state index in [-0.39, 0.29) is 5.60 Å². The Bertz CT molecular complexity index is 401. The minimum atomic E-state index is 0.0458. The summed E-state index contributed by atoms with van der Waals surface area (Å²) in [5.74, 6) is 0.822. The fraction of sp³-hybridized carbons (Fsp3) is 0.400. The lowest BCUT2D eigenvalue weighted by Crippen LogP contribution is -2.32. The molecule has 2 nitrogen and oxygen atoms in total. The lowest BCUT2D eigenvalue weighted by molar-refractivity contribution is 0.184. The monoisotopic (exact) mass is 229 g/mol. The quantitative estimate of drug-likeness (QED) is 0.738. The number of benzene rings is 1. The van der Waals surface area contributed by atoms with Gasteiger partial charge in [-0.1, -0.05) is 23.2 Å². The van der Waals surface area contributed by atoms with E-state index in [2.05, 4.69) is 5.32 Å². The molecule has 1 spiro atoms. The molecule has 14 heavy (non-hydrogen) atoms. The molecule has 1 aromatic carbocycles. The number of anilines is 1. The molecule has 1 aromatic rings. The van der Waals surface area contributed by atoms with E-state index in [0.717, 1.165) is 30.8 Å². The van der Waals surface area contributed by atoms with E-state index < -0.39 is 0 Å². The Kier molecular flexibility index (Phi) is 1.68. The number of rotatable bonds is 0. The van der Waals surface area contributed by atoms with Gasteiger partial charge in [0.2, 0.25) is 0 Å². The van der Waals surface area contributed by atoms with Crippen molar-refractivity contribution in [3.05, 3.63) is 22.2 Å². The van der Waals surface area contributed by atoms with Gasteiger partial charge < -0.3 is 10.1 Å². The number of nitrogens with one attached hydrogen (secondary N) is 1. The molecule has 2 aliphatic rings. The number of hydrogen-bond acceptors (Lipinski definition) is 2. The van der Waals surface area contributed by atoms with Gasteiger partial charge in [0.25, 0.3) is 0 Å². The van der Waals surface area contributed by atoms with Crippen LogP contribution in [0.1, 0.15) is 12.8 Å². The van der Waals surface area contributed by atoms with Crippen LogP contribution in [0.3, 0.4) is 0 Å². The second-order valence-electron chi connectivity index (χ2n) is 3.90. The minimum absolute atomic E-state index is 0.0458. The lowest BCUT2D eigenvalue weighted by Gasteiger charge is -2.27. The van der Waals surface area contributed by atoms with E-state index in [0.29, 0.717) is 10.0 Å². The third-order valence-corrected chi connectivity index (χ3v) is 3.48. The van der Waals surface area contributed by atoms with E-state index in [9.17, 15) is 0 Å². The molecule has 1 aliphatic heterocycles. The molecule has 4 heteroatoms. The Morgan fingerprint density at radius 1 is 1.21 bits per heavy atom. The highest BCUT2D eigenvalue weighted by Crippen LogP contribution is 2.47. The number of halogens is 2. The van der Waals surface area contributed by atoms with Crippen molar-refractivity contribution < 1.29 is 4.74 Å². The molecule has 74 valence electrons. The summed E-state index contributed by atoms with van der Waals surface area (Å²) < 4.78 is 5.86. The molecule has 1 aliphatic carbocycles. The normalized spacial score (nSPS) is 21.0. The highest BCUT2D eigenvalue weighted by molar-refractivity contribution is 6.42. The second-order valence-corrected chi connectivity index (χ2v) is 4.72. The standard InChI is InChI=1S/C10H9Cl2NO/c11-6-3-8-9(4-7(6)12)14-10(1-2-10)5-13-8/h3-4,13H,1-2,5H2. The van der Waals surface area contributed by atoms with Crippen molar-refractivity contribution >= 4 is 28.9 Å². The zero-order valence-electron chi connectivity index (χ0n) is 7.44. The van der Waals surface area contributed by atoms with Crippen LogP contribution in [0.25, 0.3) is 0 Å². The maximum absolute atomic E-state index is 5.92. The largest absolute Gasteiger partial charge is 0.483 e. The van der Waals surface area contributed by atoms with Gasteiger partial charge in [-0.25, -0.2) is 0 Å². The summed E-state index contributed by atoms with van der Waals surface area (Å²) in [4.78, 5) is 0. The van der Waals surface area contributed by atoms with Crippen LogP contribution < -0.4 is 10.1 Å². The molecule has 0 unspecified atom stereocenters. The van der Waals surface area contributed by atoms with Gasteiger partial charge in [0.15, 0.2) is 0 Å². The first-order chi connectivity index (χ1) is 6.69. The van der Waals surface area contributed by atoms with Crippen LogP contribution in [-0.2, 0) is 0 Å². The molecule has 0 aromatic heterocycles. The average molecular weight is 230 g/mol. The SMILES string of the molecule is Clc1cc2c(cc1Cl)OC1(CC1)CN2. The summed E-state index contributed by atoms with van der Waals surface area (Å²) >= 11 is 11.8. The Morgan fingerprint density at radius 3 is 2.64 bits per heavy atom. The van der Waals surface area contributed by atoms with E-state index in [4.69, 9.17) is 27.9 Å². The van der Waals surface area contributed by atoms with Gasteiger partial charge in [-0.15, -0.1) is 0 Å². The summed E-state index contributed by atoms with van der Waals surface area (Å²) in [5, 5.41) is 4.42. The van der Waals surface area contributed by atoms with Crippen LogP contribution in [0.4, 0.5) is 5.69 Å². The van der Waals surface area contributed by atoms with Crippen LogP contribution >= 0.6 is 23.2 Å². The number of hydrogen-bond donors (Lipinski definition) is 1. The highest BCUT2D eigenvalue weighted by atomic mass is 35.5.